The minimum absolute atomic E-state index is 0.281. The Morgan fingerprint density at radius 2 is 1.80 bits per heavy atom. The Balaban J connectivity index is 4.29. The Hall–Kier alpha value is -1.32. The average molecular weight is 214 g/mol. The quantitative estimate of drug-likeness (QED) is 0.637. The molecule has 4 heteroatoms. The molecule has 2 unspecified atom stereocenters. The van der Waals surface area contributed by atoms with E-state index in [1.54, 1.807) is 6.08 Å². The molecule has 0 aliphatic rings. The van der Waals surface area contributed by atoms with Crippen LogP contribution in [0, 0.1) is 11.8 Å². The lowest BCUT2D eigenvalue weighted by Gasteiger charge is -2.14. The standard InChI is InChI=1S/C11H18O4/c1-3-4-5-6-7-9(11(14)15)8(2)10(12)13/h5-6,8-9H,3-4,7H2,1-2H3,(H,12,13)(H,14,15). The van der Waals surface area contributed by atoms with Gasteiger partial charge in [-0.2, -0.15) is 0 Å². The summed E-state index contributed by atoms with van der Waals surface area (Å²) in [5.41, 5.74) is 0. The van der Waals surface area contributed by atoms with Crippen molar-refractivity contribution in [3.63, 3.8) is 0 Å². The highest BCUT2D eigenvalue weighted by molar-refractivity contribution is 5.79. The molecule has 0 saturated carbocycles. The van der Waals surface area contributed by atoms with Gasteiger partial charge in [-0.25, -0.2) is 0 Å². The molecular weight excluding hydrogens is 196 g/mol. The molecule has 15 heavy (non-hydrogen) atoms. The van der Waals surface area contributed by atoms with E-state index in [4.69, 9.17) is 10.2 Å². The third-order valence-electron chi connectivity index (χ3n) is 2.32. The van der Waals surface area contributed by atoms with Gasteiger partial charge in [0.25, 0.3) is 0 Å². The van der Waals surface area contributed by atoms with E-state index in [1.165, 1.54) is 6.92 Å². The predicted octanol–water partition coefficient (Wildman–Crippen LogP) is 2.15. The van der Waals surface area contributed by atoms with Crippen LogP contribution in [0.15, 0.2) is 12.2 Å². The minimum Gasteiger partial charge on any atom is -0.481 e. The number of hydrogen-bond donors (Lipinski definition) is 2. The number of carboxylic acids is 2. The number of unbranched alkanes of at least 4 members (excludes halogenated alkanes) is 1. The zero-order chi connectivity index (χ0) is 11.8. The van der Waals surface area contributed by atoms with Crippen molar-refractivity contribution < 1.29 is 19.8 Å². The lowest BCUT2D eigenvalue weighted by molar-refractivity contribution is -0.152. The van der Waals surface area contributed by atoms with Crippen LogP contribution < -0.4 is 0 Å². The summed E-state index contributed by atoms with van der Waals surface area (Å²) in [5, 5.41) is 17.6. The van der Waals surface area contributed by atoms with Crippen LogP contribution in [-0.4, -0.2) is 22.2 Å². The molecule has 2 atom stereocenters. The lowest BCUT2D eigenvalue weighted by Crippen LogP contribution is -2.27. The van der Waals surface area contributed by atoms with E-state index >= 15 is 0 Å². The third-order valence-corrected chi connectivity index (χ3v) is 2.32. The Bertz CT molecular complexity index is 245. The number of hydrogen-bond acceptors (Lipinski definition) is 2. The molecule has 0 aliphatic carbocycles. The Kier molecular flexibility index (Phi) is 6.42. The second-order valence-corrected chi connectivity index (χ2v) is 3.57. The van der Waals surface area contributed by atoms with Gasteiger partial charge >= 0.3 is 11.9 Å². The molecule has 4 nitrogen and oxygen atoms in total. The van der Waals surface area contributed by atoms with Crippen LogP contribution in [-0.2, 0) is 9.59 Å². The van der Waals surface area contributed by atoms with Crippen molar-refractivity contribution in [1.82, 2.24) is 0 Å². The first-order chi connectivity index (χ1) is 7.00. The van der Waals surface area contributed by atoms with E-state index in [9.17, 15) is 9.59 Å². The van der Waals surface area contributed by atoms with Crippen LogP contribution in [0.5, 0.6) is 0 Å². The maximum absolute atomic E-state index is 10.8. The van der Waals surface area contributed by atoms with Crippen LogP contribution in [0.25, 0.3) is 0 Å². The molecule has 0 spiro atoms. The first-order valence-electron chi connectivity index (χ1n) is 5.11. The Morgan fingerprint density at radius 3 is 2.20 bits per heavy atom. The molecule has 0 aromatic carbocycles. The predicted molar refractivity (Wildman–Crippen MR) is 56.6 cm³/mol. The molecule has 0 amide bonds. The molecule has 0 heterocycles. The van der Waals surface area contributed by atoms with Crippen LogP contribution >= 0.6 is 0 Å². The lowest BCUT2D eigenvalue weighted by atomic mass is 9.91. The van der Waals surface area contributed by atoms with Crippen molar-refractivity contribution in [2.45, 2.75) is 33.1 Å². The first kappa shape index (κ1) is 13.7. The highest BCUT2D eigenvalue weighted by atomic mass is 16.4. The van der Waals surface area contributed by atoms with E-state index in [0.29, 0.717) is 0 Å². The first-order valence-corrected chi connectivity index (χ1v) is 5.11. The summed E-state index contributed by atoms with van der Waals surface area (Å²) >= 11 is 0. The van der Waals surface area contributed by atoms with E-state index in [1.807, 2.05) is 13.0 Å². The fraction of sp³-hybridized carbons (Fsp3) is 0.636. The normalized spacial score (nSPS) is 15.1. The molecule has 0 rings (SSSR count). The van der Waals surface area contributed by atoms with Crippen LogP contribution in [0.4, 0.5) is 0 Å². The topological polar surface area (TPSA) is 74.6 Å². The molecule has 0 radical (unpaired) electrons. The third kappa shape index (κ3) is 5.20. The maximum Gasteiger partial charge on any atom is 0.307 e. The maximum atomic E-state index is 10.8. The van der Waals surface area contributed by atoms with Gasteiger partial charge in [-0.1, -0.05) is 32.4 Å². The highest BCUT2D eigenvalue weighted by Gasteiger charge is 2.28. The van der Waals surface area contributed by atoms with E-state index in [-0.39, 0.29) is 6.42 Å². The summed E-state index contributed by atoms with van der Waals surface area (Å²) in [6.45, 7) is 3.45. The molecule has 86 valence electrons. The van der Waals surface area contributed by atoms with Gasteiger partial charge < -0.3 is 10.2 Å². The highest BCUT2D eigenvalue weighted by Crippen LogP contribution is 2.17. The SMILES string of the molecule is CCCC=CCC(C(=O)O)C(C)C(=O)O. The zero-order valence-corrected chi connectivity index (χ0v) is 9.14. The van der Waals surface area contributed by atoms with Crippen LogP contribution in [0.1, 0.15) is 33.1 Å². The van der Waals surface area contributed by atoms with Gasteiger partial charge in [0.05, 0.1) is 11.8 Å². The van der Waals surface area contributed by atoms with Gasteiger partial charge in [-0.3, -0.25) is 9.59 Å². The summed E-state index contributed by atoms with van der Waals surface area (Å²) in [4.78, 5) is 21.5. The summed E-state index contributed by atoms with van der Waals surface area (Å²) in [5.74, 6) is -3.80. The fourth-order valence-electron chi connectivity index (χ4n) is 1.22. The number of carbonyl (C=O) groups is 2. The summed E-state index contributed by atoms with van der Waals surface area (Å²) in [7, 11) is 0. The molecule has 0 saturated heterocycles. The van der Waals surface area contributed by atoms with Crippen molar-refractivity contribution in [3.05, 3.63) is 12.2 Å². The van der Waals surface area contributed by atoms with Crippen molar-refractivity contribution in [1.29, 1.82) is 0 Å². The number of rotatable bonds is 7. The van der Waals surface area contributed by atoms with Gasteiger partial charge in [-0.15, -0.1) is 0 Å². The summed E-state index contributed by atoms with van der Waals surface area (Å²) in [6.07, 6.45) is 5.82. The molecule has 0 fully saturated rings. The molecular formula is C11H18O4. The van der Waals surface area contributed by atoms with Gasteiger partial charge in [0.1, 0.15) is 0 Å². The summed E-state index contributed by atoms with van der Waals surface area (Å²) in [6, 6.07) is 0. The number of carboxylic acid groups (broad SMARTS) is 2. The van der Waals surface area contributed by atoms with Gasteiger partial charge in [0.2, 0.25) is 0 Å². The van der Waals surface area contributed by atoms with Gasteiger partial charge in [0.15, 0.2) is 0 Å². The molecule has 2 N–H and O–H groups in total. The fourth-order valence-corrected chi connectivity index (χ4v) is 1.22. The van der Waals surface area contributed by atoms with Crippen molar-refractivity contribution in [2.75, 3.05) is 0 Å². The number of allylic oxidation sites excluding steroid dienone is 2. The smallest absolute Gasteiger partial charge is 0.307 e. The molecule has 0 bridgehead atoms. The van der Waals surface area contributed by atoms with Crippen molar-refractivity contribution in [2.24, 2.45) is 11.8 Å². The van der Waals surface area contributed by atoms with Crippen molar-refractivity contribution >= 4 is 11.9 Å². The van der Waals surface area contributed by atoms with E-state index in [0.717, 1.165) is 12.8 Å². The monoisotopic (exact) mass is 214 g/mol. The van der Waals surface area contributed by atoms with Gasteiger partial charge in [-0.05, 0) is 12.8 Å². The second kappa shape index (κ2) is 7.04. The summed E-state index contributed by atoms with van der Waals surface area (Å²) < 4.78 is 0. The number of aliphatic carboxylic acids is 2. The van der Waals surface area contributed by atoms with E-state index < -0.39 is 23.8 Å². The van der Waals surface area contributed by atoms with Gasteiger partial charge in [0, 0.05) is 0 Å². The van der Waals surface area contributed by atoms with E-state index in [2.05, 4.69) is 0 Å². The Labute approximate surface area is 89.6 Å². The van der Waals surface area contributed by atoms with Crippen molar-refractivity contribution in [3.8, 4) is 0 Å². The second-order valence-electron chi connectivity index (χ2n) is 3.57. The largest absolute Gasteiger partial charge is 0.481 e. The minimum atomic E-state index is -1.06. The molecule has 0 aromatic rings. The van der Waals surface area contributed by atoms with Crippen LogP contribution in [0.3, 0.4) is 0 Å². The Morgan fingerprint density at radius 1 is 1.20 bits per heavy atom. The average Bonchev–Trinajstić information content (AvgIpc) is 2.16. The molecule has 0 aromatic heterocycles. The molecule has 0 aliphatic heterocycles. The van der Waals surface area contributed by atoms with Crippen LogP contribution in [0.2, 0.25) is 0 Å². The zero-order valence-electron chi connectivity index (χ0n) is 9.14.